The number of rotatable bonds is 85. The quantitative estimate of drug-likeness (QED) is 0.0222. The standard InChI is InChI=1S/C88H172O17P2/c1-9-80(7)66-58-50-41-35-29-23-17-13-11-12-14-18-26-32-38-44-54-62-71-88(93)105-84(75-99-86(91)69-61-53-47-46-49-57-65-79(5)6)77-103-107(96,97)101-73-82(89)72-100-106(94,95)102-76-83(104-87(92)70-63-55-45-39-33-27-19-15-16-22-28-34-40-48-56-64-78(3)4)74-98-85(90)68-60-52-43-37-31-25-21-20-24-30-36-42-51-59-67-81(8)10-2/h78-84,89H,9-77H2,1-8H3,(H,94,95)(H,96,97)/t80?,81?,82-,83-,84-/m1/s1. The maximum Gasteiger partial charge on any atom is 0.472 e. The summed E-state index contributed by atoms with van der Waals surface area (Å²) in [6.45, 7) is 14.4. The minimum Gasteiger partial charge on any atom is -0.462 e. The molecular weight excluding hydrogens is 1390 g/mol. The monoisotopic (exact) mass is 1560 g/mol. The first-order valence-electron chi connectivity index (χ1n) is 45.3. The van der Waals surface area contributed by atoms with Gasteiger partial charge >= 0.3 is 39.5 Å². The molecule has 4 unspecified atom stereocenters. The average molecular weight is 1560 g/mol. The van der Waals surface area contributed by atoms with E-state index in [0.29, 0.717) is 31.6 Å². The average Bonchev–Trinajstić information content (AvgIpc) is 1.32. The second-order valence-electron chi connectivity index (χ2n) is 33.1. The Labute approximate surface area is 658 Å². The fourth-order valence-corrected chi connectivity index (χ4v) is 15.2. The predicted molar refractivity (Wildman–Crippen MR) is 441 cm³/mol. The molecule has 0 aromatic rings. The van der Waals surface area contributed by atoms with Crippen LogP contribution in [0.4, 0.5) is 0 Å². The van der Waals surface area contributed by atoms with Crippen LogP contribution in [0.1, 0.15) is 460 Å². The van der Waals surface area contributed by atoms with Gasteiger partial charge in [0.25, 0.3) is 0 Å². The van der Waals surface area contributed by atoms with Crippen molar-refractivity contribution < 1.29 is 80.2 Å². The summed E-state index contributed by atoms with van der Waals surface area (Å²) in [4.78, 5) is 73.2. The second-order valence-corrected chi connectivity index (χ2v) is 36.0. The van der Waals surface area contributed by atoms with Gasteiger partial charge in [-0.2, -0.15) is 0 Å². The zero-order valence-electron chi connectivity index (χ0n) is 70.8. The number of unbranched alkanes of at least 4 members (excludes halogenated alkanes) is 49. The van der Waals surface area contributed by atoms with Gasteiger partial charge in [0, 0.05) is 25.7 Å². The lowest BCUT2D eigenvalue weighted by Gasteiger charge is -2.21. The lowest BCUT2D eigenvalue weighted by Crippen LogP contribution is -2.30. The molecule has 636 valence electrons. The van der Waals surface area contributed by atoms with Crippen molar-refractivity contribution in [1.82, 2.24) is 0 Å². The van der Waals surface area contributed by atoms with E-state index >= 15 is 0 Å². The number of carbonyl (C=O) groups excluding carboxylic acids is 4. The van der Waals surface area contributed by atoms with Gasteiger partial charge < -0.3 is 33.8 Å². The summed E-state index contributed by atoms with van der Waals surface area (Å²) in [6.07, 6.45) is 66.8. The summed E-state index contributed by atoms with van der Waals surface area (Å²) in [6, 6.07) is 0. The van der Waals surface area contributed by atoms with Crippen molar-refractivity contribution in [3.05, 3.63) is 0 Å². The van der Waals surface area contributed by atoms with Crippen LogP contribution >= 0.6 is 15.6 Å². The molecule has 0 spiro atoms. The summed E-state index contributed by atoms with van der Waals surface area (Å²) in [7, 11) is -9.93. The fraction of sp³-hybridized carbons (Fsp3) is 0.955. The zero-order valence-corrected chi connectivity index (χ0v) is 72.6. The van der Waals surface area contributed by atoms with Crippen LogP contribution in [-0.4, -0.2) is 96.7 Å². The number of ether oxygens (including phenoxy) is 4. The Morgan fingerprint density at radius 2 is 0.449 bits per heavy atom. The van der Waals surface area contributed by atoms with E-state index < -0.39 is 97.5 Å². The van der Waals surface area contributed by atoms with Gasteiger partial charge in [0.15, 0.2) is 12.2 Å². The fourth-order valence-electron chi connectivity index (χ4n) is 13.6. The Morgan fingerprint density at radius 3 is 0.664 bits per heavy atom. The number of phosphoric ester groups is 2. The highest BCUT2D eigenvalue weighted by Crippen LogP contribution is 2.45. The molecule has 0 aromatic heterocycles. The summed E-state index contributed by atoms with van der Waals surface area (Å²) in [5.74, 6) is 1.10. The van der Waals surface area contributed by atoms with Crippen molar-refractivity contribution >= 4 is 39.5 Å². The van der Waals surface area contributed by atoms with Gasteiger partial charge in [-0.15, -0.1) is 0 Å². The van der Waals surface area contributed by atoms with Crippen molar-refractivity contribution in [3.63, 3.8) is 0 Å². The number of esters is 4. The summed E-state index contributed by atoms with van der Waals surface area (Å²) >= 11 is 0. The van der Waals surface area contributed by atoms with E-state index in [1.165, 1.54) is 257 Å². The molecule has 0 aromatic carbocycles. The van der Waals surface area contributed by atoms with E-state index in [1.807, 2.05) is 0 Å². The first-order valence-corrected chi connectivity index (χ1v) is 48.3. The van der Waals surface area contributed by atoms with Gasteiger partial charge in [0.2, 0.25) is 0 Å². The van der Waals surface area contributed by atoms with Gasteiger partial charge in [-0.25, -0.2) is 9.13 Å². The predicted octanol–water partition coefficient (Wildman–Crippen LogP) is 26.7. The summed E-state index contributed by atoms with van der Waals surface area (Å²) in [5.41, 5.74) is 0. The van der Waals surface area contributed by atoms with Crippen LogP contribution in [0.3, 0.4) is 0 Å². The van der Waals surface area contributed by atoms with Crippen LogP contribution in [0, 0.1) is 23.7 Å². The molecule has 7 atom stereocenters. The highest BCUT2D eigenvalue weighted by molar-refractivity contribution is 7.47. The lowest BCUT2D eigenvalue weighted by atomic mass is 9.99. The van der Waals surface area contributed by atoms with Crippen LogP contribution in [0.2, 0.25) is 0 Å². The first kappa shape index (κ1) is 105. The Kier molecular flexibility index (Phi) is 75.3. The second kappa shape index (κ2) is 76.7. The molecule has 0 aliphatic carbocycles. The van der Waals surface area contributed by atoms with E-state index in [1.54, 1.807) is 0 Å². The molecule has 0 saturated carbocycles. The van der Waals surface area contributed by atoms with Crippen LogP contribution in [0.25, 0.3) is 0 Å². The molecule has 0 aliphatic heterocycles. The van der Waals surface area contributed by atoms with Crippen LogP contribution in [0.15, 0.2) is 0 Å². The summed E-state index contributed by atoms with van der Waals surface area (Å²) in [5, 5.41) is 10.7. The third-order valence-corrected chi connectivity index (χ3v) is 23.2. The SMILES string of the molecule is CCC(C)CCCCCCCCCCCCCCCCCCCCC(=O)O[C@H](COC(=O)CCCCCCCCC(C)C)COP(=O)(O)OC[C@H](O)COP(=O)(O)OC[C@@H](COC(=O)CCCCCCCCCCCCCCCCC(C)CC)OC(=O)CCCCCCCCCCCCCCCCCC(C)C. The largest absolute Gasteiger partial charge is 0.472 e. The van der Waals surface area contributed by atoms with E-state index in [2.05, 4.69) is 55.4 Å². The van der Waals surface area contributed by atoms with Crippen molar-refractivity contribution in [1.29, 1.82) is 0 Å². The van der Waals surface area contributed by atoms with Crippen molar-refractivity contribution in [2.24, 2.45) is 23.7 Å². The number of hydrogen-bond acceptors (Lipinski definition) is 15. The minimum atomic E-state index is -4.97. The molecule has 107 heavy (non-hydrogen) atoms. The lowest BCUT2D eigenvalue weighted by molar-refractivity contribution is -0.161. The molecule has 0 fully saturated rings. The normalized spacial score (nSPS) is 14.4. The van der Waals surface area contributed by atoms with E-state index in [-0.39, 0.29) is 25.7 Å². The molecule has 0 heterocycles. The maximum atomic E-state index is 13.1. The van der Waals surface area contributed by atoms with E-state index in [4.69, 9.17) is 37.0 Å². The van der Waals surface area contributed by atoms with Crippen molar-refractivity contribution in [3.8, 4) is 0 Å². The Morgan fingerprint density at radius 1 is 0.262 bits per heavy atom. The smallest absolute Gasteiger partial charge is 0.462 e. The number of hydrogen-bond donors (Lipinski definition) is 3. The van der Waals surface area contributed by atoms with Gasteiger partial charge in [0.1, 0.15) is 19.3 Å². The number of aliphatic hydroxyl groups excluding tert-OH is 1. The van der Waals surface area contributed by atoms with E-state index in [9.17, 15) is 43.2 Å². The minimum absolute atomic E-state index is 0.107. The molecule has 3 N–H and O–H groups in total. The molecule has 19 heteroatoms. The molecule has 0 bridgehead atoms. The molecule has 0 radical (unpaired) electrons. The number of phosphoric acid groups is 2. The van der Waals surface area contributed by atoms with Gasteiger partial charge in [0.05, 0.1) is 26.4 Å². The van der Waals surface area contributed by atoms with Crippen LogP contribution in [0.5, 0.6) is 0 Å². The number of aliphatic hydroxyl groups is 1. The Hall–Kier alpha value is -1.94. The molecule has 0 amide bonds. The van der Waals surface area contributed by atoms with Crippen molar-refractivity contribution in [2.75, 3.05) is 39.6 Å². The Bertz CT molecular complexity index is 2080. The van der Waals surface area contributed by atoms with Gasteiger partial charge in [-0.05, 0) is 49.4 Å². The number of carbonyl (C=O) groups is 4. The molecular formula is C88H172O17P2. The highest BCUT2D eigenvalue weighted by atomic mass is 31.2. The topological polar surface area (TPSA) is 237 Å². The van der Waals surface area contributed by atoms with Crippen molar-refractivity contribution in [2.45, 2.75) is 478 Å². The van der Waals surface area contributed by atoms with Gasteiger partial charge in [-0.1, -0.05) is 409 Å². The summed E-state index contributed by atoms with van der Waals surface area (Å²) < 4.78 is 68.9. The molecule has 0 aliphatic rings. The highest BCUT2D eigenvalue weighted by Gasteiger charge is 2.31. The third kappa shape index (κ3) is 79.1. The van der Waals surface area contributed by atoms with Crippen LogP contribution in [-0.2, 0) is 65.4 Å². The zero-order chi connectivity index (χ0) is 78.8. The molecule has 17 nitrogen and oxygen atoms in total. The maximum absolute atomic E-state index is 13.1. The molecule has 0 saturated heterocycles. The molecule has 0 rings (SSSR count). The first-order chi connectivity index (χ1) is 51.7. The Balaban J connectivity index is 5.19. The van der Waals surface area contributed by atoms with Gasteiger partial charge in [-0.3, -0.25) is 37.3 Å². The van der Waals surface area contributed by atoms with Crippen LogP contribution < -0.4 is 0 Å². The van der Waals surface area contributed by atoms with E-state index in [0.717, 1.165) is 114 Å². The third-order valence-electron chi connectivity index (χ3n) is 21.3.